The Hall–Kier alpha value is -2.42. The molecule has 31 heavy (non-hydrogen) atoms. The largest absolute Gasteiger partial charge is 0.497 e. The minimum absolute atomic E-state index is 0.0530. The summed E-state index contributed by atoms with van der Waals surface area (Å²) in [5.41, 5.74) is 2.01. The van der Waals surface area contributed by atoms with Gasteiger partial charge < -0.3 is 30.2 Å². The molecule has 2 aromatic rings. The van der Waals surface area contributed by atoms with Gasteiger partial charge in [-0.05, 0) is 37.0 Å². The summed E-state index contributed by atoms with van der Waals surface area (Å²) in [5, 5.41) is 17.6. The summed E-state index contributed by atoms with van der Waals surface area (Å²) in [7, 11) is 3.25. The van der Waals surface area contributed by atoms with Gasteiger partial charge in [-0.25, -0.2) is 4.98 Å². The molecule has 0 aliphatic heterocycles. The van der Waals surface area contributed by atoms with Crippen LogP contribution in [0.2, 0.25) is 0 Å². The molecular formula is C23H32N4O4. The van der Waals surface area contributed by atoms with Crippen LogP contribution in [0.3, 0.4) is 0 Å². The predicted molar refractivity (Wildman–Crippen MR) is 116 cm³/mol. The van der Waals surface area contributed by atoms with Crippen LogP contribution in [0.4, 0.5) is 0 Å². The normalized spacial score (nSPS) is 25.5. The summed E-state index contributed by atoms with van der Waals surface area (Å²) >= 11 is 0. The van der Waals surface area contributed by atoms with Gasteiger partial charge in [-0.3, -0.25) is 4.79 Å². The third-order valence-corrected chi connectivity index (χ3v) is 6.33. The van der Waals surface area contributed by atoms with Gasteiger partial charge in [-0.15, -0.1) is 0 Å². The van der Waals surface area contributed by atoms with E-state index in [0.29, 0.717) is 32.0 Å². The van der Waals surface area contributed by atoms with Gasteiger partial charge in [0.2, 0.25) is 5.91 Å². The average Bonchev–Trinajstić information content (AvgIpc) is 3.43. The molecule has 0 saturated heterocycles. The topological polar surface area (TPSA) is 109 Å². The average molecular weight is 429 g/mol. The monoisotopic (exact) mass is 428 g/mol. The highest BCUT2D eigenvalue weighted by Gasteiger charge is 2.47. The summed E-state index contributed by atoms with van der Waals surface area (Å²) in [6.07, 6.45) is 3.91. The first-order valence-electron chi connectivity index (χ1n) is 11.0. The molecule has 4 atom stereocenters. The highest BCUT2D eigenvalue weighted by molar-refractivity contribution is 5.80. The summed E-state index contributed by atoms with van der Waals surface area (Å²) in [6, 6.07) is 7.84. The lowest BCUT2D eigenvalue weighted by Gasteiger charge is -2.22. The molecule has 0 spiro atoms. The number of amides is 1. The molecule has 8 nitrogen and oxygen atoms in total. The number of imidazole rings is 1. The van der Waals surface area contributed by atoms with Gasteiger partial charge in [0.05, 0.1) is 25.7 Å². The number of ether oxygens (including phenoxy) is 2. The van der Waals surface area contributed by atoms with Crippen molar-refractivity contribution >= 4 is 5.91 Å². The van der Waals surface area contributed by atoms with Crippen molar-refractivity contribution in [3.8, 4) is 5.75 Å². The number of aliphatic hydroxyl groups is 1. The van der Waals surface area contributed by atoms with E-state index >= 15 is 0 Å². The number of aliphatic hydroxyl groups excluding tert-OH is 1. The molecule has 1 amide bonds. The molecular weight excluding hydrogens is 396 g/mol. The predicted octanol–water partition coefficient (Wildman–Crippen LogP) is 1.68. The zero-order valence-corrected chi connectivity index (χ0v) is 18.1. The van der Waals surface area contributed by atoms with Crippen molar-refractivity contribution in [2.75, 3.05) is 27.4 Å². The number of H-pyrrole nitrogens is 1. The number of benzene rings is 1. The van der Waals surface area contributed by atoms with E-state index in [-0.39, 0.29) is 17.9 Å². The van der Waals surface area contributed by atoms with Crippen LogP contribution < -0.4 is 15.4 Å². The molecule has 2 aliphatic rings. The molecule has 1 aromatic carbocycles. The van der Waals surface area contributed by atoms with Crippen molar-refractivity contribution in [2.45, 2.75) is 49.8 Å². The second kappa shape index (κ2) is 9.80. The quantitative estimate of drug-likeness (QED) is 0.429. The molecule has 1 aromatic heterocycles. The third kappa shape index (κ3) is 5.08. The zero-order chi connectivity index (χ0) is 21.8. The van der Waals surface area contributed by atoms with Crippen LogP contribution in [0.15, 0.2) is 30.5 Å². The van der Waals surface area contributed by atoms with Crippen molar-refractivity contribution in [3.63, 3.8) is 0 Å². The standard InChI is InChI=1S/C23H32N4O4/c1-30-10-9-24-23(29)17-11-18(25-12-14-3-7-16(31-2)8-4-14)20(21(17)28)19-13-26-22(27-19)15-5-6-15/h3-4,7-8,13,15,17-18,20-21,25,28H,5-6,9-12H2,1-2H3,(H,24,29)(H,26,27)/t17-,18+,20+,21+/m0/s1. The van der Waals surface area contributed by atoms with Gasteiger partial charge in [0.15, 0.2) is 0 Å². The fourth-order valence-corrected chi connectivity index (χ4v) is 4.41. The van der Waals surface area contributed by atoms with E-state index in [4.69, 9.17) is 9.47 Å². The molecule has 0 radical (unpaired) electrons. The van der Waals surface area contributed by atoms with E-state index < -0.39 is 12.0 Å². The van der Waals surface area contributed by atoms with Crippen LogP contribution in [0.25, 0.3) is 0 Å². The number of rotatable bonds is 10. The number of nitrogens with one attached hydrogen (secondary N) is 3. The maximum atomic E-state index is 12.7. The molecule has 4 rings (SSSR count). The Labute approximate surface area is 182 Å². The van der Waals surface area contributed by atoms with E-state index in [2.05, 4.69) is 20.6 Å². The lowest BCUT2D eigenvalue weighted by atomic mass is 9.96. The molecule has 2 aliphatic carbocycles. The van der Waals surface area contributed by atoms with Crippen LogP contribution in [-0.2, 0) is 16.1 Å². The second-order valence-electron chi connectivity index (χ2n) is 8.48. The van der Waals surface area contributed by atoms with Crippen molar-refractivity contribution in [2.24, 2.45) is 5.92 Å². The molecule has 4 N–H and O–H groups in total. The Morgan fingerprint density at radius 2 is 2.03 bits per heavy atom. The van der Waals surface area contributed by atoms with Gasteiger partial charge in [0.25, 0.3) is 0 Å². The minimum atomic E-state index is -0.789. The number of hydrogen-bond acceptors (Lipinski definition) is 6. The minimum Gasteiger partial charge on any atom is -0.497 e. The summed E-state index contributed by atoms with van der Waals surface area (Å²) in [4.78, 5) is 20.7. The maximum absolute atomic E-state index is 12.7. The van der Waals surface area contributed by atoms with Crippen LogP contribution >= 0.6 is 0 Å². The molecule has 2 fully saturated rings. The third-order valence-electron chi connectivity index (χ3n) is 6.33. The van der Waals surface area contributed by atoms with Gasteiger partial charge in [0, 0.05) is 50.0 Å². The van der Waals surface area contributed by atoms with E-state index in [1.54, 1.807) is 14.2 Å². The number of carbonyl (C=O) groups excluding carboxylic acids is 1. The molecule has 1 heterocycles. The number of aromatic amines is 1. The Kier molecular flexibility index (Phi) is 6.89. The van der Waals surface area contributed by atoms with Crippen molar-refractivity contribution in [1.29, 1.82) is 0 Å². The maximum Gasteiger partial charge on any atom is 0.225 e. The molecule has 2 saturated carbocycles. The highest BCUT2D eigenvalue weighted by atomic mass is 16.5. The number of aromatic nitrogens is 2. The molecule has 8 heteroatoms. The Bertz CT molecular complexity index is 865. The van der Waals surface area contributed by atoms with Crippen LogP contribution in [-0.4, -0.2) is 60.5 Å². The molecule has 168 valence electrons. The Balaban J connectivity index is 1.48. The van der Waals surface area contributed by atoms with Crippen molar-refractivity contribution in [1.82, 2.24) is 20.6 Å². The fourth-order valence-electron chi connectivity index (χ4n) is 4.41. The first kappa shape index (κ1) is 21.8. The van der Waals surface area contributed by atoms with E-state index in [9.17, 15) is 9.90 Å². The molecule has 0 unspecified atom stereocenters. The van der Waals surface area contributed by atoms with Gasteiger partial charge in [-0.2, -0.15) is 0 Å². The lowest BCUT2D eigenvalue weighted by molar-refractivity contribution is -0.127. The Morgan fingerprint density at radius 3 is 2.71 bits per heavy atom. The van der Waals surface area contributed by atoms with Gasteiger partial charge in [0.1, 0.15) is 11.6 Å². The summed E-state index contributed by atoms with van der Waals surface area (Å²) in [6.45, 7) is 1.52. The second-order valence-corrected chi connectivity index (χ2v) is 8.48. The highest BCUT2D eigenvalue weighted by Crippen LogP contribution is 2.42. The van der Waals surface area contributed by atoms with Crippen LogP contribution in [0.1, 0.15) is 48.2 Å². The first-order valence-corrected chi connectivity index (χ1v) is 11.0. The van der Waals surface area contributed by atoms with Crippen LogP contribution in [0, 0.1) is 5.92 Å². The van der Waals surface area contributed by atoms with Crippen LogP contribution in [0.5, 0.6) is 5.75 Å². The van der Waals surface area contributed by atoms with Crippen molar-refractivity contribution in [3.05, 3.63) is 47.5 Å². The Morgan fingerprint density at radius 1 is 1.26 bits per heavy atom. The summed E-state index contributed by atoms with van der Waals surface area (Å²) in [5.74, 6) is 1.47. The number of methoxy groups -OCH3 is 2. The van der Waals surface area contributed by atoms with E-state index in [1.165, 1.54) is 0 Å². The van der Waals surface area contributed by atoms with E-state index in [1.807, 2.05) is 30.5 Å². The van der Waals surface area contributed by atoms with Gasteiger partial charge in [-0.1, -0.05) is 12.1 Å². The smallest absolute Gasteiger partial charge is 0.225 e. The fraction of sp³-hybridized carbons (Fsp3) is 0.565. The SMILES string of the molecule is COCCNC(=O)[C@H]1C[C@@H](NCc2ccc(OC)cc2)[C@H](c2cnc(C3CC3)[nH]2)[C@@H]1O. The zero-order valence-electron chi connectivity index (χ0n) is 18.1. The number of hydrogen-bond donors (Lipinski definition) is 4. The van der Waals surface area contributed by atoms with Crippen molar-refractivity contribution < 1.29 is 19.4 Å². The molecule has 0 bridgehead atoms. The van der Waals surface area contributed by atoms with Gasteiger partial charge >= 0.3 is 0 Å². The van der Waals surface area contributed by atoms with E-state index in [0.717, 1.165) is 35.7 Å². The number of carbonyl (C=O) groups is 1. The first-order chi connectivity index (χ1) is 15.1. The summed E-state index contributed by atoms with van der Waals surface area (Å²) < 4.78 is 10.2. The lowest BCUT2D eigenvalue weighted by Crippen LogP contribution is -2.37. The number of nitrogens with zero attached hydrogens (tertiary/aromatic N) is 1.